The van der Waals surface area contributed by atoms with Crippen LogP contribution in [0.3, 0.4) is 0 Å². The Labute approximate surface area is 235 Å². The van der Waals surface area contributed by atoms with Crippen LogP contribution in [0.2, 0.25) is 5.02 Å². The molecule has 0 bridgehead atoms. The van der Waals surface area contributed by atoms with Crippen molar-refractivity contribution in [2.75, 3.05) is 24.2 Å². The SMILES string of the molecule is CNC1CCC(Nc2ncc3cc(-c4c(F)ccc(NS(=O)(=O)c5cc(Cl)cnc5OC)c4F)ccc3n2)CC1. The number of pyridine rings is 1. The molecule has 2 heterocycles. The summed E-state index contributed by atoms with van der Waals surface area (Å²) in [6, 6.07) is 8.65. The zero-order valence-corrected chi connectivity index (χ0v) is 23.3. The molecule has 0 saturated heterocycles. The first-order valence-electron chi connectivity index (χ1n) is 12.6. The van der Waals surface area contributed by atoms with Gasteiger partial charge in [-0.05, 0) is 68.6 Å². The summed E-state index contributed by atoms with van der Waals surface area (Å²) in [4.78, 5) is 12.4. The van der Waals surface area contributed by atoms with Gasteiger partial charge in [-0.3, -0.25) is 4.72 Å². The van der Waals surface area contributed by atoms with Gasteiger partial charge in [-0.15, -0.1) is 0 Å². The predicted octanol–water partition coefficient (Wildman–Crippen LogP) is 5.38. The molecule has 1 saturated carbocycles. The van der Waals surface area contributed by atoms with Crippen molar-refractivity contribution in [1.82, 2.24) is 20.3 Å². The summed E-state index contributed by atoms with van der Waals surface area (Å²) in [6.45, 7) is 0. The third kappa shape index (κ3) is 5.79. The van der Waals surface area contributed by atoms with Gasteiger partial charge in [-0.2, -0.15) is 0 Å². The fourth-order valence-electron chi connectivity index (χ4n) is 4.82. The number of aromatic nitrogens is 3. The Balaban J connectivity index is 1.42. The normalized spacial score (nSPS) is 17.5. The van der Waals surface area contributed by atoms with Gasteiger partial charge in [0, 0.05) is 29.9 Å². The molecule has 13 heteroatoms. The molecular formula is C27H27ClF2N6O3S. The van der Waals surface area contributed by atoms with Crippen LogP contribution in [0.5, 0.6) is 5.88 Å². The highest BCUT2D eigenvalue weighted by Crippen LogP contribution is 2.34. The van der Waals surface area contributed by atoms with Crippen LogP contribution in [-0.2, 0) is 10.0 Å². The molecule has 40 heavy (non-hydrogen) atoms. The second kappa shape index (κ2) is 11.5. The van der Waals surface area contributed by atoms with E-state index >= 15 is 4.39 Å². The predicted molar refractivity (Wildman–Crippen MR) is 150 cm³/mol. The van der Waals surface area contributed by atoms with E-state index < -0.39 is 37.8 Å². The number of rotatable bonds is 8. The minimum atomic E-state index is -4.38. The Bertz CT molecular complexity index is 1670. The number of nitrogens with zero attached hydrogens (tertiary/aromatic N) is 3. The number of ether oxygens (including phenoxy) is 1. The second-order valence-corrected chi connectivity index (χ2v) is 11.6. The van der Waals surface area contributed by atoms with E-state index in [0.29, 0.717) is 22.9 Å². The lowest BCUT2D eigenvalue weighted by Gasteiger charge is -2.28. The van der Waals surface area contributed by atoms with Gasteiger partial charge in [0.1, 0.15) is 5.82 Å². The molecule has 0 aliphatic heterocycles. The van der Waals surface area contributed by atoms with Gasteiger partial charge >= 0.3 is 0 Å². The summed E-state index contributed by atoms with van der Waals surface area (Å²) in [5, 5.41) is 7.30. The molecule has 1 aliphatic rings. The molecule has 1 fully saturated rings. The van der Waals surface area contributed by atoms with E-state index in [1.807, 2.05) is 7.05 Å². The largest absolute Gasteiger partial charge is 0.480 e. The summed E-state index contributed by atoms with van der Waals surface area (Å²) in [5.74, 6) is -1.69. The summed E-state index contributed by atoms with van der Waals surface area (Å²) in [6.07, 6.45) is 6.96. The second-order valence-electron chi connectivity index (χ2n) is 9.50. The van der Waals surface area contributed by atoms with Gasteiger partial charge in [0.05, 0.1) is 28.9 Å². The Kier molecular flexibility index (Phi) is 8.02. The van der Waals surface area contributed by atoms with Crippen molar-refractivity contribution in [2.45, 2.75) is 42.7 Å². The lowest BCUT2D eigenvalue weighted by molar-refractivity contribution is 0.370. The minimum absolute atomic E-state index is 0.0411. The van der Waals surface area contributed by atoms with Crippen LogP contribution < -0.4 is 20.1 Å². The van der Waals surface area contributed by atoms with Crippen molar-refractivity contribution >= 4 is 44.2 Å². The van der Waals surface area contributed by atoms with Gasteiger partial charge in [0.15, 0.2) is 10.7 Å². The Hall–Kier alpha value is -3.61. The topological polar surface area (TPSA) is 118 Å². The molecule has 0 radical (unpaired) electrons. The average Bonchev–Trinajstić information content (AvgIpc) is 2.95. The third-order valence-corrected chi connectivity index (χ3v) is 8.51. The van der Waals surface area contributed by atoms with E-state index in [4.69, 9.17) is 16.3 Å². The zero-order valence-electron chi connectivity index (χ0n) is 21.7. The maximum absolute atomic E-state index is 15.6. The van der Waals surface area contributed by atoms with Gasteiger partial charge in [0.2, 0.25) is 11.8 Å². The summed E-state index contributed by atoms with van der Waals surface area (Å²) in [5.41, 5.74) is -0.0623. The third-order valence-electron chi connectivity index (χ3n) is 6.94. The Morgan fingerprint density at radius 2 is 1.75 bits per heavy atom. The number of methoxy groups -OCH3 is 1. The molecule has 3 N–H and O–H groups in total. The van der Waals surface area contributed by atoms with Crippen LogP contribution >= 0.6 is 11.6 Å². The average molecular weight is 589 g/mol. The number of halogens is 3. The molecule has 2 aromatic heterocycles. The maximum Gasteiger partial charge on any atom is 0.267 e. The number of benzene rings is 2. The number of hydrogen-bond acceptors (Lipinski definition) is 8. The molecule has 0 unspecified atom stereocenters. The zero-order chi connectivity index (χ0) is 28.4. The van der Waals surface area contributed by atoms with Gasteiger partial charge in [-0.25, -0.2) is 32.2 Å². The first kappa shape index (κ1) is 27.9. The number of hydrogen-bond donors (Lipinski definition) is 3. The fourth-order valence-corrected chi connectivity index (χ4v) is 6.24. The highest BCUT2D eigenvalue weighted by Gasteiger charge is 2.25. The van der Waals surface area contributed by atoms with Crippen molar-refractivity contribution in [3.63, 3.8) is 0 Å². The summed E-state index contributed by atoms with van der Waals surface area (Å²) >= 11 is 5.91. The molecule has 0 spiro atoms. The van der Waals surface area contributed by atoms with Crippen LogP contribution in [0, 0.1) is 11.6 Å². The number of fused-ring (bicyclic) bond motifs is 1. The minimum Gasteiger partial charge on any atom is -0.480 e. The Morgan fingerprint density at radius 3 is 2.48 bits per heavy atom. The van der Waals surface area contributed by atoms with E-state index in [0.717, 1.165) is 43.9 Å². The maximum atomic E-state index is 15.6. The highest BCUT2D eigenvalue weighted by molar-refractivity contribution is 7.92. The van der Waals surface area contributed by atoms with E-state index in [-0.39, 0.29) is 22.5 Å². The lowest BCUT2D eigenvalue weighted by atomic mass is 9.91. The molecule has 5 rings (SSSR count). The van der Waals surface area contributed by atoms with Gasteiger partial charge in [0.25, 0.3) is 10.0 Å². The molecular weight excluding hydrogens is 562 g/mol. The molecule has 0 atom stereocenters. The highest BCUT2D eigenvalue weighted by atomic mass is 35.5. The van der Waals surface area contributed by atoms with Crippen molar-refractivity contribution in [1.29, 1.82) is 0 Å². The molecule has 0 amide bonds. The molecule has 2 aromatic carbocycles. The van der Waals surface area contributed by atoms with Crippen molar-refractivity contribution in [3.05, 3.63) is 65.4 Å². The lowest BCUT2D eigenvalue weighted by Crippen LogP contribution is -2.35. The first-order chi connectivity index (χ1) is 19.2. The van der Waals surface area contributed by atoms with Crippen LogP contribution in [0.25, 0.3) is 22.0 Å². The van der Waals surface area contributed by atoms with Crippen LogP contribution in [0.1, 0.15) is 25.7 Å². The standard InChI is InChI=1S/C27H27ClF2N6O3S/c1-31-18-4-6-19(7-5-18)34-27-33-13-16-11-15(3-9-21(16)35-27)24-20(29)8-10-22(25(24)30)36-40(37,38)23-12-17(28)14-32-26(23)39-2/h3,8-14,18-19,31,36H,4-7H2,1-2H3,(H,33,34,35). The number of anilines is 2. The number of nitrogens with one attached hydrogen (secondary N) is 3. The first-order valence-corrected chi connectivity index (χ1v) is 14.5. The summed E-state index contributed by atoms with van der Waals surface area (Å²) < 4.78 is 63.7. The van der Waals surface area contributed by atoms with E-state index in [2.05, 4.69) is 30.3 Å². The van der Waals surface area contributed by atoms with E-state index in [1.54, 1.807) is 18.3 Å². The Morgan fingerprint density at radius 1 is 1.00 bits per heavy atom. The fraction of sp³-hybridized carbons (Fsp3) is 0.296. The molecule has 9 nitrogen and oxygen atoms in total. The quantitative estimate of drug-likeness (QED) is 0.251. The van der Waals surface area contributed by atoms with Crippen LogP contribution in [0.15, 0.2) is 53.7 Å². The van der Waals surface area contributed by atoms with E-state index in [9.17, 15) is 12.8 Å². The van der Waals surface area contributed by atoms with Gasteiger partial charge in [-0.1, -0.05) is 17.7 Å². The summed E-state index contributed by atoms with van der Waals surface area (Å²) in [7, 11) is -1.17. The molecule has 210 valence electrons. The smallest absolute Gasteiger partial charge is 0.267 e. The van der Waals surface area contributed by atoms with Crippen LogP contribution in [0.4, 0.5) is 20.4 Å². The van der Waals surface area contributed by atoms with Crippen molar-refractivity contribution in [2.24, 2.45) is 0 Å². The van der Waals surface area contributed by atoms with Crippen LogP contribution in [-0.4, -0.2) is 49.6 Å². The van der Waals surface area contributed by atoms with E-state index in [1.165, 1.54) is 19.4 Å². The number of sulfonamides is 1. The van der Waals surface area contributed by atoms with Crippen molar-refractivity contribution in [3.8, 4) is 17.0 Å². The van der Waals surface area contributed by atoms with Gasteiger partial charge < -0.3 is 15.4 Å². The monoisotopic (exact) mass is 588 g/mol. The molecule has 4 aromatic rings. The molecule has 1 aliphatic carbocycles. The van der Waals surface area contributed by atoms with Crippen molar-refractivity contribution < 1.29 is 21.9 Å².